The van der Waals surface area contributed by atoms with E-state index in [1.54, 1.807) is 0 Å². The van der Waals surface area contributed by atoms with E-state index in [1.165, 1.54) is 0 Å². The van der Waals surface area contributed by atoms with E-state index < -0.39 is 15.6 Å². The SMILES string of the molecule is CCOCC[N+](CC)(CC)CCCN=C=S.O=S(=O)([O-])C(F)(F)F. The minimum atomic E-state index is -6.09. The number of isothiocyanates is 1. The standard InChI is InChI=1S/C12H25N2OS.CHF3O3S/c1-4-14(5-2,10-11-15-6-3)9-7-8-13-12-16;2-1(3,4)8(5,6)7/h4-11H2,1-3H3;(H,5,6,7)/q+1;/p-1. The molecule has 24 heavy (non-hydrogen) atoms. The largest absolute Gasteiger partial charge is 0.741 e. The zero-order chi connectivity index (χ0) is 19.3. The van der Waals surface area contributed by atoms with Crippen molar-refractivity contribution in [2.45, 2.75) is 32.7 Å². The molecule has 6 nitrogen and oxygen atoms in total. The number of ether oxygens (including phenoxy) is 1. The van der Waals surface area contributed by atoms with Crippen LogP contribution in [0.5, 0.6) is 0 Å². The van der Waals surface area contributed by atoms with Crippen molar-refractivity contribution in [2.24, 2.45) is 4.99 Å². The molecule has 0 aromatic heterocycles. The Morgan fingerprint density at radius 2 is 1.71 bits per heavy atom. The van der Waals surface area contributed by atoms with E-state index >= 15 is 0 Å². The Bertz CT molecular complexity index is 474. The zero-order valence-corrected chi connectivity index (χ0v) is 15.8. The first kappa shape index (κ1) is 25.7. The van der Waals surface area contributed by atoms with Gasteiger partial charge in [-0.15, -0.1) is 0 Å². The molecule has 0 fully saturated rings. The van der Waals surface area contributed by atoms with E-state index in [1.807, 2.05) is 6.92 Å². The van der Waals surface area contributed by atoms with E-state index in [0.717, 1.165) is 56.8 Å². The van der Waals surface area contributed by atoms with Crippen LogP contribution in [0, 0.1) is 0 Å². The maximum absolute atomic E-state index is 10.7. The third kappa shape index (κ3) is 11.9. The summed E-state index contributed by atoms with van der Waals surface area (Å²) in [6.07, 6.45) is 1.08. The molecule has 0 spiro atoms. The molecule has 0 atom stereocenters. The number of quaternary nitrogens is 1. The van der Waals surface area contributed by atoms with Crippen LogP contribution in [0.15, 0.2) is 4.99 Å². The van der Waals surface area contributed by atoms with Gasteiger partial charge in [0, 0.05) is 13.0 Å². The predicted molar refractivity (Wildman–Crippen MR) is 87.8 cm³/mol. The third-order valence-electron chi connectivity index (χ3n) is 3.51. The van der Waals surface area contributed by atoms with Crippen LogP contribution in [0.25, 0.3) is 0 Å². The fraction of sp³-hybridized carbons (Fsp3) is 0.923. The van der Waals surface area contributed by atoms with E-state index in [4.69, 9.17) is 17.7 Å². The van der Waals surface area contributed by atoms with Crippen LogP contribution in [-0.4, -0.2) is 74.1 Å². The quantitative estimate of drug-likeness (QED) is 0.142. The van der Waals surface area contributed by atoms with E-state index in [-0.39, 0.29) is 0 Å². The Hall–Kier alpha value is -0.580. The number of rotatable bonds is 10. The molecule has 0 amide bonds. The van der Waals surface area contributed by atoms with Crippen molar-refractivity contribution in [3.8, 4) is 0 Å². The van der Waals surface area contributed by atoms with Crippen molar-refractivity contribution in [1.29, 1.82) is 0 Å². The molecule has 0 aliphatic carbocycles. The Morgan fingerprint density at radius 3 is 2.04 bits per heavy atom. The second-order valence-corrected chi connectivity index (χ2v) is 6.40. The Balaban J connectivity index is 0. The van der Waals surface area contributed by atoms with Gasteiger partial charge in [0.15, 0.2) is 10.1 Å². The lowest BCUT2D eigenvalue weighted by molar-refractivity contribution is -0.925. The van der Waals surface area contributed by atoms with Crippen molar-refractivity contribution >= 4 is 27.5 Å². The van der Waals surface area contributed by atoms with Crippen LogP contribution in [0.4, 0.5) is 13.2 Å². The maximum Gasteiger partial charge on any atom is 0.485 e. The predicted octanol–water partition coefficient (Wildman–Crippen LogP) is 2.42. The van der Waals surface area contributed by atoms with Gasteiger partial charge in [-0.1, -0.05) is 0 Å². The summed E-state index contributed by atoms with van der Waals surface area (Å²) in [6.45, 7) is 13.6. The molecule has 0 aliphatic heterocycles. The normalized spacial score (nSPS) is 12.1. The number of likely N-dealkylation sites (N-methyl/N-ethyl adjacent to an activating group) is 1. The average Bonchev–Trinajstić information content (AvgIpc) is 2.49. The van der Waals surface area contributed by atoms with E-state index in [0.29, 0.717) is 0 Å². The van der Waals surface area contributed by atoms with Gasteiger partial charge in [-0.3, -0.25) is 0 Å². The van der Waals surface area contributed by atoms with Gasteiger partial charge in [0.1, 0.15) is 6.54 Å². The van der Waals surface area contributed by atoms with Crippen LogP contribution in [0.2, 0.25) is 0 Å². The van der Waals surface area contributed by atoms with Crippen molar-refractivity contribution in [3.63, 3.8) is 0 Å². The molecule has 0 bridgehead atoms. The summed E-state index contributed by atoms with van der Waals surface area (Å²) >= 11 is 4.56. The molecule has 144 valence electrons. The number of alkyl halides is 3. The first-order chi connectivity index (χ1) is 11.0. The summed E-state index contributed by atoms with van der Waals surface area (Å²) in [4.78, 5) is 3.96. The molecule has 0 saturated carbocycles. The minimum Gasteiger partial charge on any atom is -0.741 e. The van der Waals surface area contributed by atoms with Gasteiger partial charge in [-0.05, 0) is 33.0 Å². The lowest BCUT2D eigenvalue weighted by Gasteiger charge is -2.36. The summed E-state index contributed by atoms with van der Waals surface area (Å²) < 4.78 is 65.5. The van der Waals surface area contributed by atoms with Crippen LogP contribution < -0.4 is 0 Å². The highest BCUT2D eigenvalue weighted by atomic mass is 32.2. The smallest absolute Gasteiger partial charge is 0.485 e. The molecule has 0 unspecified atom stereocenters. The highest BCUT2D eigenvalue weighted by Crippen LogP contribution is 2.20. The van der Waals surface area contributed by atoms with Crippen LogP contribution in [-0.2, 0) is 14.9 Å². The number of nitrogens with zero attached hydrogens (tertiary/aromatic N) is 2. The summed E-state index contributed by atoms with van der Waals surface area (Å²) in [5.41, 5.74) is -5.65. The molecule has 0 aromatic rings. The van der Waals surface area contributed by atoms with Crippen LogP contribution in [0.3, 0.4) is 0 Å². The maximum atomic E-state index is 10.7. The third-order valence-corrected chi connectivity index (χ3v) is 4.20. The first-order valence-electron chi connectivity index (χ1n) is 7.48. The molecule has 0 heterocycles. The molecule has 11 heteroatoms. The highest BCUT2D eigenvalue weighted by molar-refractivity contribution is 7.86. The molecular weight excluding hydrogens is 369 g/mol. The Kier molecular flexibility index (Phi) is 13.6. The lowest BCUT2D eigenvalue weighted by atomic mass is 10.3. The second-order valence-electron chi connectivity index (χ2n) is 4.84. The van der Waals surface area contributed by atoms with Crippen LogP contribution in [0.1, 0.15) is 27.2 Å². The topological polar surface area (TPSA) is 78.8 Å². The summed E-state index contributed by atoms with van der Waals surface area (Å²) in [5.74, 6) is 0. The average molecular weight is 394 g/mol. The first-order valence-corrected chi connectivity index (χ1v) is 9.30. The van der Waals surface area contributed by atoms with Gasteiger partial charge in [0.2, 0.25) is 0 Å². The molecule has 0 aromatic carbocycles. The monoisotopic (exact) mass is 394 g/mol. The Labute approximate surface area is 147 Å². The fourth-order valence-electron chi connectivity index (χ4n) is 1.90. The minimum absolute atomic E-state index is 0.804. The van der Waals surface area contributed by atoms with Crippen molar-refractivity contribution in [2.75, 3.05) is 45.9 Å². The van der Waals surface area contributed by atoms with Crippen molar-refractivity contribution in [1.82, 2.24) is 0 Å². The summed E-state index contributed by atoms with van der Waals surface area (Å²) in [6, 6.07) is 0. The number of hydrogen-bond acceptors (Lipinski definition) is 6. The molecular formula is C13H25F3N2O4S2. The van der Waals surface area contributed by atoms with Crippen molar-refractivity contribution in [3.05, 3.63) is 0 Å². The molecule has 0 N–H and O–H groups in total. The van der Waals surface area contributed by atoms with Gasteiger partial charge in [0.25, 0.3) is 0 Å². The second kappa shape index (κ2) is 12.7. The number of thiocarbonyl (C=S) groups is 1. The lowest BCUT2D eigenvalue weighted by Crippen LogP contribution is -2.50. The molecule has 0 saturated heterocycles. The molecule has 0 rings (SSSR count). The van der Waals surface area contributed by atoms with Crippen LogP contribution >= 0.6 is 12.2 Å². The van der Waals surface area contributed by atoms with Gasteiger partial charge < -0.3 is 13.8 Å². The zero-order valence-electron chi connectivity index (χ0n) is 14.1. The fourth-order valence-corrected chi connectivity index (χ4v) is 1.99. The van der Waals surface area contributed by atoms with Gasteiger partial charge in [-0.2, -0.15) is 13.2 Å². The summed E-state index contributed by atoms with van der Waals surface area (Å²) in [7, 11) is -6.09. The molecule has 0 radical (unpaired) electrons. The number of aliphatic imine (C=N–C) groups is 1. The number of halogens is 3. The van der Waals surface area contributed by atoms with E-state index in [2.05, 4.69) is 36.2 Å². The van der Waals surface area contributed by atoms with Gasteiger partial charge in [-0.25, -0.2) is 13.4 Å². The summed E-state index contributed by atoms with van der Waals surface area (Å²) in [5, 5.41) is 2.42. The highest BCUT2D eigenvalue weighted by Gasteiger charge is 2.36. The van der Waals surface area contributed by atoms with Gasteiger partial charge in [0.05, 0.1) is 37.9 Å². The molecule has 0 aliphatic rings. The van der Waals surface area contributed by atoms with Gasteiger partial charge >= 0.3 is 5.51 Å². The Morgan fingerprint density at radius 1 is 1.21 bits per heavy atom. The van der Waals surface area contributed by atoms with E-state index in [9.17, 15) is 13.2 Å². The van der Waals surface area contributed by atoms with Crippen molar-refractivity contribution < 1.29 is 35.4 Å². The number of hydrogen-bond donors (Lipinski definition) is 0.